The fourth-order valence-corrected chi connectivity index (χ4v) is 3.83. The van der Waals surface area contributed by atoms with Crippen LogP contribution in [0.25, 0.3) is 0 Å². The standard InChI is InChI=1S/C21H32FN5O2/c1-17(2)23-20(28)15-24-7-9-25(10-8-24)16-21(29)27-13-11-26(12-14-27)19-5-3-18(22)4-6-19/h3-6,17H,7-16H2,1-2H3,(H,23,28). The van der Waals surface area contributed by atoms with E-state index < -0.39 is 0 Å². The maximum Gasteiger partial charge on any atom is 0.236 e. The Morgan fingerprint density at radius 1 is 0.897 bits per heavy atom. The molecule has 0 spiro atoms. The van der Waals surface area contributed by atoms with Crippen molar-refractivity contribution in [1.29, 1.82) is 0 Å². The third-order valence-electron chi connectivity index (χ3n) is 5.46. The van der Waals surface area contributed by atoms with E-state index in [9.17, 15) is 14.0 Å². The molecule has 160 valence electrons. The molecule has 0 saturated carbocycles. The van der Waals surface area contributed by atoms with Crippen molar-refractivity contribution in [2.75, 3.05) is 70.3 Å². The topological polar surface area (TPSA) is 59.1 Å². The molecule has 0 bridgehead atoms. The van der Waals surface area contributed by atoms with Crippen LogP contribution in [-0.2, 0) is 9.59 Å². The van der Waals surface area contributed by atoms with E-state index in [1.165, 1.54) is 12.1 Å². The number of hydrogen-bond donors (Lipinski definition) is 1. The number of amides is 2. The number of benzene rings is 1. The van der Waals surface area contributed by atoms with E-state index in [4.69, 9.17) is 0 Å². The van der Waals surface area contributed by atoms with Crippen molar-refractivity contribution in [1.82, 2.24) is 20.0 Å². The Morgan fingerprint density at radius 2 is 1.45 bits per heavy atom. The number of hydrogen-bond acceptors (Lipinski definition) is 5. The van der Waals surface area contributed by atoms with E-state index in [1.807, 2.05) is 18.7 Å². The summed E-state index contributed by atoms with van der Waals surface area (Å²) in [4.78, 5) is 33.0. The maximum atomic E-state index is 13.1. The van der Waals surface area contributed by atoms with Gasteiger partial charge in [-0.3, -0.25) is 19.4 Å². The minimum atomic E-state index is -0.233. The molecule has 2 heterocycles. The van der Waals surface area contributed by atoms with Crippen LogP contribution >= 0.6 is 0 Å². The molecule has 3 rings (SSSR count). The van der Waals surface area contributed by atoms with E-state index in [0.29, 0.717) is 26.2 Å². The first kappa shape index (κ1) is 21.5. The molecule has 0 aliphatic carbocycles. The molecule has 1 aromatic rings. The van der Waals surface area contributed by atoms with Gasteiger partial charge in [-0.15, -0.1) is 0 Å². The number of nitrogens with one attached hydrogen (secondary N) is 1. The van der Waals surface area contributed by atoms with Gasteiger partial charge in [-0.2, -0.15) is 0 Å². The summed E-state index contributed by atoms with van der Waals surface area (Å²) in [6, 6.07) is 6.67. The van der Waals surface area contributed by atoms with Gasteiger partial charge in [0.05, 0.1) is 13.1 Å². The summed E-state index contributed by atoms with van der Waals surface area (Å²) >= 11 is 0. The van der Waals surface area contributed by atoms with Crippen LogP contribution in [-0.4, -0.2) is 98.0 Å². The van der Waals surface area contributed by atoms with Gasteiger partial charge in [-0.05, 0) is 38.1 Å². The van der Waals surface area contributed by atoms with Gasteiger partial charge in [0.25, 0.3) is 0 Å². The van der Waals surface area contributed by atoms with E-state index in [1.54, 1.807) is 12.1 Å². The summed E-state index contributed by atoms with van der Waals surface area (Å²) < 4.78 is 13.1. The maximum absolute atomic E-state index is 13.1. The summed E-state index contributed by atoms with van der Waals surface area (Å²) in [5.74, 6) is -0.0125. The molecule has 2 saturated heterocycles. The Hall–Kier alpha value is -2.19. The van der Waals surface area contributed by atoms with Gasteiger partial charge in [-0.25, -0.2) is 4.39 Å². The smallest absolute Gasteiger partial charge is 0.236 e. The molecule has 8 heteroatoms. The highest BCUT2D eigenvalue weighted by Crippen LogP contribution is 2.17. The molecular formula is C21H32FN5O2. The quantitative estimate of drug-likeness (QED) is 0.752. The highest BCUT2D eigenvalue weighted by Gasteiger charge is 2.25. The van der Waals surface area contributed by atoms with Gasteiger partial charge in [0, 0.05) is 64.1 Å². The molecule has 1 aromatic carbocycles. The average molecular weight is 406 g/mol. The summed E-state index contributed by atoms with van der Waals surface area (Å²) in [6.07, 6.45) is 0. The van der Waals surface area contributed by atoms with Gasteiger partial charge in [0.1, 0.15) is 5.82 Å². The lowest BCUT2D eigenvalue weighted by Gasteiger charge is -2.38. The zero-order valence-electron chi connectivity index (χ0n) is 17.4. The van der Waals surface area contributed by atoms with Crippen molar-refractivity contribution in [2.24, 2.45) is 0 Å². The van der Waals surface area contributed by atoms with Crippen molar-refractivity contribution >= 4 is 17.5 Å². The Balaban J connectivity index is 1.37. The lowest BCUT2D eigenvalue weighted by Crippen LogP contribution is -2.54. The second kappa shape index (κ2) is 10.0. The number of anilines is 1. The van der Waals surface area contributed by atoms with Gasteiger partial charge in [0.15, 0.2) is 0 Å². The Kier molecular flexibility index (Phi) is 7.44. The molecule has 2 aliphatic rings. The second-order valence-electron chi connectivity index (χ2n) is 8.12. The van der Waals surface area contributed by atoms with E-state index in [2.05, 4.69) is 20.0 Å². The Bertz CT molecular complexity index is 681. The summed E-state index contributed by atoms with van der Waals surface area (Å²) in [5, 5.41) is 2.92. The Labute approximate surface area is 172 Å². The zero-order valence-corrected chi connectivity index (χ0v) is 17.4. The largest absolute Gasteiger partial charge is 0.368 e. The van der Waals surface area contributed by atoms with Crippen LogP contribution < -0.4 is 10.2 Å². The van der Waals surface area contributed by atoms with Crippen LogP contribution in [0.5, 0.6) is 0 Å². The molecule has 0 aromatic heterocycles. The SMILES string of the molecule is CC(C)NC(=O)CN1CCN(CC(=O)N2CCN(c3ccc(F)cc3)CC2)CC1. The predicted molar refractivity (Wildman–Crippen MR) is 111 cm³/mol. The highest BCUT2D eigenvalue weighted by molar-refractivity contribution is 5.79. The number of halogens is 1. The molecule has 0 atom stereocenters. The van der Waals surface area contributed by atoms with Crippen LogP contribution in [0.1, 0.15) is 13.8 Å². The lowest BCUT2D eigenvalue weighted by molar-refractivity contribution is -0.133. The third-order valence-corrected chi connectivity index (χ3v) is 5.46. The molecule has 29 heavy (non-hydrogen) atoms. The van der Waals surface area contributed by atoms with Crippen molar-refractivity contribution in [3.8, 4) is 0 Å². The van der Waals surface area contributed by atoms with Crippen LogP contribution in [0.2, 0.25) is 0 Å². The second-order valence-corrected chi connectivity index (χ2v) is 8.12. The van der Waals surface area contributed by atoms with Crippen molar-refractivity contribution < 1.29 is 14.0 Å². The van der Waals surface area contributed by atoms with Crippen LogP contribution in [0, 0.1) is 5.82 Å². The summed E-state index contributed by atoms with van der Waals surface area (Å²) in [5.41, 5.74) is 0.996. The van der Waals surface area contributed by atoms with E-state index in [-0.39, 0.29) is 23.7 Å². The van der Waals surface area contributed by atoms with Crippen LogP contribution in [0.15, 0.2) is 24.3 Å². The van der Waals surface area contributed by atoms with Gasteiger partial charge < -0.3 is 15.1 Å². The molecule has 2 amide bonds. The monoisotopic (exact) mass is 405 g/mol. The highest BCUT2D eigenvalue weighted by atomic mass is 19.1. The Morgan fingerprint density at radius 3 is 2.00 bits per heavy atom. The molecule has 2 aliphatic heterocycles. The van der Waals surface area contributed by atoms with Crippen molar-refractivity contribution in [3.63, 3.8) is 0 Å². The minimum absolute atomic E-state index is 0.0588. The van der Waals surface area contributed by atoms with E-state index in [0.717, 1.165) is 45.0 Å². The molecule has 2 fully saturated rings. The van der Waals surface area contributed by atoms with Crippen molar-refractivity contribution in [3.05, 3.63) is 30.1 Å². The number of nitrogens with zero attached hydrogens (tertiary/aromatic N) is 4. The molecule has 1 N–H and O–H groups in total. The first-order valence-corrected chi connectivity index (χ1v) is 10.4. The normalized spacial score (nSPS) is 18.9. The fraction of sp³-hybridized carbons (Fsp3) is 0.619. The summed E-state index contributed by atoms with van der Waals surface area (Å²) in [7, 11) is 0. The molecular weight excluding hydrogens is 373 g/mol. The van der Waals surface area contributed by atoms with Gasteiger partial charge in [0.2, 0.25) is 11.8 Å². The predicted octanol–water partition coefficient (Wildman–Crippen LogP) is 0.617. The first-order chi connectivity index (χ1) is 13.9. The zero-order chi connectivity index (χ0) is 20.8. The van der Waals surface area contributed by atoms with Gasteiger partial charge in [-0.1, -0.05) is 0 Å². The summed E-state index contributed by atoms with van der Waals surface area (Å²) in [6.45, 7) is 10.9. The molecule has 0 radical (unpaired) electrons. The number of carbonyl (C=O) groups excluding carboxylic acids is 2. The molecule has 7 nitrogen and oxygen atoms in total. The fourth-order valence-electron chi connectivity index (χ4n) is 3.83. The average Bonchev–Trinajstić information content (AvgIpc) is 2.69. The number of piperazine rings is 2. The van der Waals surface area contributed by atoms with Crippen LogP contribution in [0.3, 0.4) is 0 Å². The van der Waals surface area contributed by atoms with E-state index >= 15 is 0 Å². The minimum Gasteiger partial charge on any atom is -0.368 e. The lowest BCUT2D eigenvalue weighted by atomic mass is 10.2. The first-order valence-electron chi connectivity index (χ1n) is 10.4. The molecule has 0 unspecified atom stereocenters. The van der Waals surface area contributed by atoms with Crippen LogP contribution in [0.4, 0.5) is 10.1 Å². The number of rotatable bonds is 6. The van der Waals surface area contributed by atoms with Crippen molar-refractivity contribution in [2.45, 2.75) is 19.9 Å². The third kappa shape index (κ3) is 6.40. The van der Waals surface area contributed by atoms with Gasteiger partial charge >= 0.3 is 0 Å². The number of carbonyl (C=O) groups is 2.